The van der Waals surface area contributed by atoms with Crippen LogP contribution in [0.15, 0.2) is 41.3 Å². The number of nitro groups is 1. The minimum atomic E-state index is -0.631. The Balaban J connectivity index is 2.44. The van der Waals surface area contributed by atoms with Crippen LogP contribution >= 0.6 is 24.0 Å². The molecule has 0 spiro atoms. The van der Waals surface area contributed by atoms with Gasteiger partial charge in [0.25, 0.3) is 5.69 Å². The molecule has 0 aliphatic rings. The quantitative estimate of drug-likeness (QED) is 0.112. The van der Waals surface area contributed by atoms with Gasteiger partial charge >= 0.3 is 11.9 Å². The summed E-state index contributed by atoms with van der Waals surface area (Å²) in [6, 6.07) is 9.05. The van der Waals surface area contributed by atoms with Gasteiger partial charge in [-0.05, 0) is 80.7 Å². The number of thioether (sulfide) groups is 1. The number of carbonyl (C=O) groups excluding carboxylic acids is 2. The molecule has 10 heteroatoms. The Labute approximate surface area is 201 Å². The number of nitrogens with zero attached hydrogens (tertiary/aromatic N) is 1. The molecule has 0 saturated heterocycles. The number of thiocarbonyl (C=S) groups is 1. The van der Waals surface area contributed by atoms with Crippen molar-refractivity contribution in [1.82, 2.24) is 0 Å². The summed E-state index contributed by atoms with van der Waals surface area (Å²) in [5.41, 5.74) is 1.17. The molecule has 2 rings (SSSR count). The van der Waals surface area contributed by atoms with E-state index >= 15 is 0 Å². The molecule has 0 N–H and O–H groups in total. The lowest BCUT2D eigenvalue weighted by Crippen LogP contribution is -2.06. The predicted molar refractivity (Wildman–Crippen MR) is 130 cm³/mol. The molecule has 8 nitrogen and oxygen atoms in total. The Hall–Kier alpha value is -3.24. The highest BCUT2D eigenvalue weighted by atomic mass is 32.2. The predicted octanol–water partition coefficient (Wildman–Crippen LogP) is 5.53. The van der Waals surface area contributed by atoms with Gasteiger partial charge in [0.2, 0.25) is 4.38 Å². The summed E-state index contributed by atoms with van der Waals surface area (Å²) in [5, 5.41) is 11.6. The van der Waals surface area contributed by atoms with E-state index < -0.39 is 16.9 Å². The monoisotopic (exact) mass is 489 g/mol. The van der Waals surface area contributed by atoms with Crippen LogP contribution in [0, 0.1) is 10.1 Å². The average Bonchev–Trinajstić information content (AvgIpc) is 2.78. The van der Waals surface area contributed by atoms with Crippen LogP contribution in [0.4, 0.5) is 5.69 Å². The number of carbonyl (C=O) groups is 2. The standard InChI is InChI=1S/C23H23NO7S2/c1-4-29-21(25)17-11-8-15(19(13-17)24(27)28)7-9-16-10-12-18(22(26)30-5-2)14-20(16)33-23(32)31-6-3/h7-14H,4-6H2,1-3H3/b9-7+. The molecule has 174 valence electrons. The first-order chi connectivity index (χ1) is 15.8. The van der Waals surface area contributed by atoms with E-state index in [4.69, 9.17) is 26.4 Å². The van der Waals surface area contributed by atoms with Crippen LogP contribution in [0.5, 0.6) is 0 Å². The van der Waals surface area contributed by atoms with Crippen molar-refractivity contribution in [2.75, 3.05) is 19.8 Å². The van der Waals surface area contributed by atoms with Gasteiger partial charge in [-0.2, -0.15) is 0 Å². The molecule has 2 aromatic rings. The van der Waals surface area contributed by atoms with Crippen molar-refractivity contribution in [2.24, 2.45) is 0 Å². The molecule has 0 saturated carbocycles. The molecule has 0 fully saturated rings. The Morgan fingerprint density at radius 2 is 1.42 bits per heavy atom. The zero-order chi connectivity index (χ0) is 24.4. The van der Waals surface area contributed by atoms with Crippen LogP contribution in [-0.2, 0) is 14.2 Å². The average molecular weight is 490 g/mol. The van der Waals surface area contributed by atoms with Crippen molar-refractivity contribution in [1.29, 1.82) is 0 Å². The summed E-state index contributed by atoms with van der Waals surface area (Å²) in [6.45, 7) is 5.99. The minimum absolute atomic E-state index is 0.0952. The number of esters is 2. The molecular formula is C23H23NO7S2. The van der Waals surface area contributed by atoms with Gasteiger partial charge in [-0.1, -0.05) is 12.1 Å². The first-order valence-electron chi connectivity index (χ1n) is 10.1. The lowest BCUT2D eigenvalue weighted by Gasteiger charge is -2.10. The highest BCUT2D eigenvalue weighted by Gasteiger charge is 2.17. The van der Waals surface area contributed by atoms with E-state index in [1.165, 1.54) is 18.2 Å². The van der Waals surface area contributed by atoms with Gasteiger partial charge in [-0.3, -0.25) is 10.1 Å². The van der Waals surface area contributed by atoms with Crippen molar-refractivity contribution in [3.8, 4) is 0 Å². The van der Waals surface area contributed by atoms with E-state index in [-0.39, 0.29) is 28.8 Å². The van der Waals surface area contributed by atoms with Crippen molar-refractivity contribution in [2.45, 2.75) is 25.7 Å². The van der Waals surface area contributed by atoms with Crippen LogP contribution < -0.4 is 0 Å². The van der Waals surface area contributed by atoms with Crippen molar-refractivity contribution in [3.05, 3.63) is 68.8 Å². The molecule has 33 heavy (non-hydrogen) atoms. The summed E-state index contributed by atoms with van der Waals surface area (Å²) in [4.78, 5) is 35.7. The zero-order valence-corrected chi connectivity index (χ0v) is 20.0. The van der Waals surface area contributed by atoms with Crippen LogP contribution in [0.2, 0.25) is 0 Å². The van der Waals surface area contributed by atoms with Crippen LogP contribution in [0.25, 0.3) is 12.2 Å². The van der Waals surface area contributed by atoms with Gasteiger partial charge < -0.3 is 14.2 Å². The lowest BCUT2D eigenvalue weighted by molar-refractivity contribution is -0.385. The van der Waals surface area contributed by atoms with Crippen LogP contribution in [-0.4, -0.2) is 41.1 Å². The van der Waals surface area contributed by atoms with Gasteiger partial charge in [-0.25, -0.2) is 9.59 Å². The van der Waals surface area contributed by atoms with Crippen molar-refractivity contribution >= 4 is 58.1 Å². The maximum absolute atomic E-state index is 12.1. The molecule has 0 heterocycles. The Morgan fingerprint density at radius 1 is 0.909 bits per heavy atom. The van der Waals surface area contributed by atoms with Gasteiger partial charge in [0.1, 0.15) is 0 Å². The molecular weight excluding hydrogens is 466 g/mol. The maximum atomic E-state index is 12.1. The summed E-state index contributed by atoms with van der Waals surface area (Å²) in [7, 11) is 0. The number of nitro benzene ring substituents is 1. The van der Waals surface area contributed by atoms with Gasteiger partial charge in [-0.15, -0.1) is 0 Å². The van der Waals surface area contributed by atoms with E-state index in [0.29, 0.717) is 28.2 Å². The smallest absolute Gasteiger partial charge is 0.338 e. The fourth-order valence-corrected chi connectivity index (χ4v) is 3.89. The molecule has 0 aromatic heterocycles. The number of hydrogen-bond donors (Lipinski definition) is 0. The second kappa shape index (κ2) is 12.7. The lowest BCUT2D eigenvalue weighted by atomic mass is 10.1. The first kappa shape index (κ1) is 26.0. The van der Waals surface area contributed by atoms with E-state index in [1.54, 1.807) is 44.2 Å². The molecule has 2 aromatic carbocycles. The second-order valence-electron chi connectivity index (χ2n) is 6.34. The Kier molecular flexibility index (Phi) is 10.0. The van der Waals surface area contributed by atoms with Crippen LogP contribution in [0.1, 0.15) is 52.6 Å². The highest BCUT2D eigenvalue weighted by Crippen LogP contribution is 2.29. The number of rotatable bonds is 9. The largest absolute Gasteiger partial charge is 0.479 e. The summed E-state index contributed by atoms with van der Waals surface area (Å²) in [5.74, 6) is -1.10. The Morgan fingerprint density at radius 3 is 1.97 bits per heavy atom. The molecule has 0 radical (unpaired) electrons. The summed E-state index contributed by atoms with van der Waals surface area (Å²) in [6.07, 6.45) is 3.22. The fourth-order valence-electron chi connectivity index (χ4n) is 2.70. The fraction of sp³-hybridized carbons (Fsp3) is 0.261. The molecule has 0 atom stereocenters. The third-order valence-corrected chi connectivity index (χ3v) is 5.39. The molecule has 0 amide bonds. The molecule has 0 aliphatic carbocycles. The second-order valence-corrected chi connectivity index (χ2v) is 7.99. The van der Waals surface area contributed by atoms with Crippen LogP contribution in [0.3, 0.4) is 0 Å². The normalized spacial score (nSPS) is 10.6. The molecule has 0 bridgehead atoms. The third-order valence-electron chi connectivity index (χ3n) is 4.16. The molecule has 0 aliphatic heterocycles. The first-order valence-corrected chi connectivity index (χ1v) is 11.3. The van der Waals surface area contributed by atoms with Crippen molar-refractivity contribution in [3.63, 3.8) is 0 Å². The molecule has 0 unspecified atom stereocenters. The third kappa shape index (κ3) is 7.40. The zero-order valence-electron chi connectivity index (χ0n) is 18.4. The summed E-state index contributed by atoms with van der Waals surface area (Å²) >= 11 is 6.37. The highest BCUT2D eigenvalue weighted by molar-refractivity contribution is 8.22. The maximum Gasteiger partial charge on any atom is 0.338 e. The van der Waals surface area contributed by atoms with E-state index in [9.17, 15) is 19.7 Å². The van der Waals surface area contributed by atoms with Gasteiger partial charge in [0, 0.05) is 11.0 Å². The summed E-state index contributed by atoms with van der Waals surface area (Å²) < 4.78 is 15.6. The number of hydrogen-bond acceptors (Lipinski definition) is 9. The van der Waals surface area contributed by atoms with E-state index in [2.05, 4.69) is 0 Å². The van der Waals surface area contributed by atoms with E-state index in [0.717, 1.165) is 11.8 Å². The topological polar surface area (TPSA) is 105 Å². The van der Waals surface area contributed by atoms with Crippen molar-refractivity contribution < 1.29 is 28.7 Å². The SMILES string of the molecule is CCOC(=O)c1ccc(/C=C/c2ccc(C(=O)OCC)cc2[N+](=O)[O-])c(SC(=S)OCC)c1. The van der Waals surface area contributed by atoms with E-state index in [1.807, 2.05) is 6.92 Å². The van der Waals surface area contributed by atoms with Gasteiger partial charge in [0.15, 0.2) is 0 Å². The Bertz CT molecular complexity index is 1080. The number of benzene rings is 2. The minimum Gasteiger partial charge on any atom is -0.479 e. The van der Waals surface area contributed by atoms with Gasteiger partial charge in [0.05, 0.1) is 41.4 Å². The number of ether oxygens (including phenoxy) is 3.